The molecule has 0 aromatic heterocycles. The summed E-state index contributed by atoms with van der Waals surface area (Å²) in [6.45, 7) is 1.93. The molecule has 5 heteroatoms. The Morgan fingerprint density at radius 2 is 1.71 bits per heavy atom. The molecule has 0 aliphatic heterocycles. The number of nitrogens with zero attached hydrogens (tertiary/aromatic N) is 1. The summed E-state index contributed by atoms with van der Waals surface area (Å²) in [4.78, 5) is 24.9. The van der Waals surface area contributed by atoms with E-state index in [9.17, 15) is 9.59 Å². The number of benzene rings is 2. The smallest absolute Gasteiger partial charge is 0.325 e. The monoisotopic (exact) mass is 327 g/mol. The number of rotatable bonds is 6. The average molecular weight is 327 g/mol. The van der Waals surface area contributed by atoms with E-state index in [4.69, 9.17) is 4.74 Å². The van der Waals surface area contributed by atoms with E-state index in [-0.39, 0.29) is 18.9 Å². The van der Waals surface area contributed by atoms with E-state index in [0.29, 0.717) is 11.5 Å². The normalized spacial score (nSPS) is 10.1. The first-order valence-corrected chi connectivity index (χ1v) is 7.63. The number of carbonyl (C=O) groups is 2. The van der Waals surface area contributed by atoms with Gasteiger partial charge in [-0.05, 0) is 25.1 Å². The van der Waals surface area contributed by atoms with Crippen molar-refractivity contribution in [3.63, 3.8) is 0 Å². The Hall–Kier alpha value is -2.82. The highest BCUT2D eigenvalue weighted by Gasteiger charge is 2.16. The molecule has 0 heterocycles. The lowest BCUT2D eigenvalue weighted by molar-refractivity contribution is -0.145. The molecule has 0 radical (unpaired) electrons. The molecule has 0 spiro atoms. The fourth-order valence-electron chi connectivity index (χ4n) is 2.13. The largest absolute Gasteiger partial charge is 0.468 e. The van der Waals surface area contributed by atoms with Gasteiger partial charge >= 0.3 is 5.97 Å². The molecule has 0 bridgehead atoms. The van der Waals surface area contributed by atoms with Gasteiger partial charge in [0.15, 0.2) is 0 Å². The predicted molar refractivity (Wildman–Crippen MR) is 91.1 cm³/mol. The molecule has 0 aliphatic carbocycles. The van der Waals surface area contributed by atoms with Crippen molar-refractivity contribution in [2.24, 2.45) is 0 Å². The van der Waals surface area contributed by atoms with Gasteiger partial charge in [-0.25, -0.2) is 0 Å². The molecule has 0 atom stereocenters. The van der Waals surface area contributed by atoms with Crippen LogP contribution in [0.3, 0.4) is 0 Å². The van der Waals surface area contributed by atoms with Crippen molar-refractivity contribution in [2.75, 3.05) is 20.7 Å². The summed E-state index contributed by atoms with van der Waals surface area (Å²) >= 11 is 0. The van der Waals surface area contributed by atoms with Gasteiger partial charge in [0.25, 0.3) is 0 Å². The van der Waals surface area contributed by atoms with E-state index >= 15 is 0 Å². The molecule has 0 aliphatic rings. The van der Waals surface area contributed by atoms with E-state index in [1.54, 1.807) is 7.05 Å². The summed E-state index contributed by atoms with van der Waals surface area (Å²) in [7, 11) is 2.87. The zero-order valence-electron chi connectivity index (χ0n) is 14.1. The van der Waals surface area contributed by atoms with Gasteiger partial charge in [0.2, 0.25) is 5.91 Å². The predicted octanol–water partition coefficient (Wildman–Crippen LogP) is 2.96. The van der Waals surface area contributed by atoms with Gasteiger partial charge < -0.3 is 14.4 Å². The van der Waals surface area contributed by atoms with Gasteiger partial charge in [0.1, 0.15) is 18.0 Å². The highest BCUT2D eigenvalue weighted by Crippen LogP contribution is 2.26. The Kier molecular flexibility index (Phi) is 5.95. The van der Waals surface area contributed by atoms with Crippen molar-refractivity contribution >= 4 is 11.9 Å². The molecular formula is C19H21NO4. The first-order valence-electron chi connectivity index (χ1n) is 7.63. The lowest BCUT2D eigenvalue weighted by Crippen LogP contribution is -2.33. The number of likely N-dealkylation sites (N-methyl/N-ethyl adjacent to an activating group) is 1. The second kappa shape index (κ2) is 8.15. The molecular weight excluding hydrogens is 306 g/mol. The summed E-state index contributed by atoms with van der Waals surface area (Å²) in [6, 6.07) is 15.1. The maximum Gasteiger partial charge on any atom is 0.325 e. The SMILES string of the molecule is COC(=O)CN(C)C(=O)Cc1ccccc1Oc1ccc(C)cc1. The van der Waals surface area contributed by atoms with Gasteiger partial charge in [-0.2, -0.15) is 0 Å². The summed E-state index contributed by atoms with van der Waals surface area (Å²) in [5.74, 6) is 0.708. The lowest BCUT2D eigenvalue weighted by Gasteiger charge is -2.17. The van der Waals surface area contributed by atoms with Crippen LogP contribution in [0, 0.1) is 6.92 Å². The van der Waals surface area contributed by atoms with Crippen molar-refractivity contribution in [3.05, 3.63) is 59.7 Å². The van der Waals surface area contributed by atoms with Crippen molar-refractivity contribution in [3.8, 4) is 11.5 Å². The van der Waals surface area contributed by atoms with E-state index < -0.39 is 5.97 Å². The highest BCUT2D eigenvalue weighted by atomic mass is 16.5. The van der Waals surface area contributed by atoms with Crippen LogP contribution in [0.4, 0.5) is 0 Å². The summed E-state index contributed by atoms with van der Waals surface area (Å²) in [5, 5.41) is 0. The molecule has 126 valence electrons. The van der Waals surface area contributed by atoms with E-state index in [0.717, 1.165) is 11.1 Å². The maximum absolute atomic E-state index is 12.3. The topological polar surface area (TPSA) is 55.8 Å². The summed E-state index contributed by atoms with van der Waals surface area (Å²) < 4.78 is 10.5. The van der Waals surface area contributed by atoms with E-state index in [2.05, 4.69) is 4.74 Å². The molecule has 0 N–H and O–H groups in total. The van der Waals surface area contributed by atoms with Gasteiger partial charge in [0, 0.05) is 12.6 Å². The Labute approximate surface area is 141 Å². The van der Waals surface area contributed by atoms with Crippen LogP contribution in [0.15, 0.2) is 48.5 Å². The van der Waals surface area contributed by atoms with Crippen molar-refractivity contribution in [1.82, 2.24) is 4.90 Å². The molecule has 0 saturated heterocycles. The van der Waals surface area contributed by atoms with Crippen LogP contribution in [0.25, 0.3) is 0 Å². The van der Waals surface area contributed by atoms with Crippen LogP contribution < -0.4 is 4.74 Å². The van der Waals surface area contributed by atoms with Crippen LogP contribution in [-0.4, -0.2) is 37.5 Å². The van der Waals surface area contributed by atoms with Gasteiger partial charge in [-0.1, -0.05) is 35.9 Å². The van der Waals surface area contributed by atoms with E-state index in [1.807, 2.05) is 55.5 Å². The number of carbonyl (C=O) groups excluding carboxylic acids is 2. The van der Waals surface area contributed by atoms with Crippen LogP contribution in [0.2, 0.25) is 0 Å². The summed E-state index contributed by atoms with van der Waals surface area (Å²) in [5.41, 5.74) is 1.91. The molecule has 5 nitrogen and oxygen atoms in total. The second-order valence-electron chi connectivity index (χ2n) is 5.53. The quantitative estimate of drug-likeness (QED) is 0.766. The number of amides is 1. The number of ether oxygens (including phenoxy) is 2. The minimum atomic E-state index is -0.449. The van der Waals surface area contributed by atoms with Crippen LogP contribution in [0.5, 0.6) is 11.5 Å². The minimum Gasteiger partial charge on any atom is -0.468 e. The second-order valence-corrected chi connectivity index (χ2v) is 5.53. The lowest BCUT2D eigenvalue weighted by atomic mass is 10.1. The van der Waals surface area contributed by atoms with Crippen molar-refractivity contribution in [1.29, 1.82) is 0 Å². The van der Waals surface area contributed by atoms with Gasteiger partial charge in [-0.15, -0.1) is 0 Å². The maximum atomic E-state index is 12.3. The number of hydrogen-bond donors (Lipinski definition) is 0. The molecule has 2 aromatic carbocycles. The number of esters is 1. The molecule has 0 fully saturated rings. The van der Waals surface area contributed by atoms with Crippen molar-refractivity contribution in [2.45, 2.75) is 13.3 Å². The molecule has 0 unspecified atom stereocenters. The van der Waals surface area contributed by atoms with Crippen molar-refractivity contribution < 1.29 is 19.1 Å². The van der Waals surface area contributed by atoms with Crippen LogP contribution in [0.1, 0.15) is 11.1 Å². The number of aryl methyl sites for hydroxylation is 1. The van der Waals surface area contributed by atoms with Gasteiger partial charge in [0.05, 0.1) is 13.5 Å². The molecule has 2 aromatic rings. The van der Waals surface area contributed by atoms with Crippen LogP contribution >= 0.6 is 0 Å². The third-order valence-corrected chi connectivity index (χ3v) is 3.58. The minimum absolute atomic E-state index is 0.0731. The standard InChI is InChI=1S/C19H21NO4/c1-14-8-10-16(11-9-14)24-17-7-5-4-6-15(17)12-18(21)20(2)13-19(22)23-3/h4-11H,12-13H2,1-3H3. The molecule has 24 heavy (non-hydrogen) atoms. The fourth-order valence-corrected chi connectivity index (χ4v) is 2.13. The third-order valence-electron chi connectivity index (χ3n) is 3.58. The molecule has 2 rings (SSSR count). The highest BCUT2D eigenvalue weighted by molar-refractivity contribution is 5.83. The Bertz CT molecular complexity index is 710. The van der Waals surface area contributed by atoms with Gasteiger partial charge in [-0.3, -0.25) is 9.59 Å². The van der Waals surface area contributed by atoms with E-state index in [1.165, 1.54) is 12.0 Å². The first-order chi connectivity index (χ1) is 11.5. The zero-order valence-corrected chi connectivity index (χ0v) is 14.1. The molecule has 1 amide bonds. The zero-order chi connectivity index (χ0) is 17.5. The third kappa shape index (κ3) is 4.84. The Morgan fingerprint density at radius 3 is 2.38 bits per heavy atom. The number of para-hydroxylation sites is 1. The molecule has 0 saturated carbocycles. The Balaban J connectivity index is 2.09. The van der Waals surface area contributed by atoms with Crippen LogP contribution in [-0.2, 0) is 20.7 Å². The average Bonchev–Trinajstić information content (AvgIpc) is 2.58. The number of methoxy groups -OCH3 is 1. The Morgan fingerprint density at radius 1 is 1.04 bits per heavy atom. The summed E-state index contributed by atoms with van der Waals surface area (Å²) in [6.07, 6.45) is 0.148. The fraction of sp³-hybridized carbons (Fsp3) is 0.263. The number of hydrogen-bond acceptors (Lipinski definition) is 4. The first kappa shape index (κ1) is 17.5.